The minimum absolute atomic E-state index is 0.301. The van der Waals surface area contributed by atoms with E-state index in [0.29, 0.717) is 37.5 Å². The number of anilines is 2. The van der Waals surface area contributed by atoms with Gasteiger partial charge in [0.2, 0.25) is 0 Å². The Bertz CT molecular complexity index is 904. The van der Waals surface area contributed by atoms with Crippen molar-refractivity contribution in [2.24, 2.45) is 0 Å². The molecule has 0 fully saturated rings. The zero-order chi connectivity index (χ0) is 21.7. The maximum absolute atomic E-state index is 12.3. The second-order valence-corrected chi connectivity index (χ2v) is 8.17. The molecule has 160 valence electrons. The Morgan fingerprint density at radius 2 is 1.67 bits per heavy atom. The Morgan fingerprint density at radius 1 is 1.00 bits per heavy atom. The minimum Gasteiger partial charge on any atom is -0.494 e. The number of nitrogens with zero attached hydrogens (tertiary/aromatic N) is 1. The predicted molar refractivity (Wildman–Crippen MR) is 117 cm³/mol. The van der Waals surface area contributed by atoms with Gasteiger partial charge in [-0.3, -0.25) is 0 Å². The van der Waals surface area contributed by atoms with Gasteiger partial charge in [-0.05, 0) is 81.6 Å². The van der Waals surface area contributed by atoms with Crippen LogP contribution in [-0.4, -0.2) is 35.8 Å². The molecule has 30 heavy (non-hydrogen) atoms. The molecule has 2 aromatic carbocycles. The van der Waals surface area contributed by atoms with Crippen molar-refractivity contribution in [3.8, 4) is 5.75 Å². The molecule has 2 aromatic rings. The first kappa shape index (κ1) is 21.5. The SMILES string of the molecule is CCOc1ccc(NC(=O)Nc2ccc3c(c2)CCN(C(=O)OC(C)(C)C)C3)cc1. The van der Waals surface area contributed by atoms with Gasteiger partial charge in [-0.2, -0.15) is 0 Å². The highest BCUT2D eigenvalue weighted by atomic mass is 16.6. The third-order valence-corrected chi connectivity index (χ3v) is 4.55. The van der Waals surface area contributed by atoms with Gasteiger partial charge >= 0.3 is 12.1 Å². The molecule has 3 rings (SSSR count). The fourth-order valence-corrected chi connectivity index (χ4v) is 3.21. The van der Waals surface area contributed by atoms with Crippen molar-refractivity contribution in [2.75, 3.05) is 23.8 Å². The van der Waals surface area contributed by atoms with Crippen LogP contribution in [0.5, 0.6) is 5.75 Å². The number of amides is 3. The van der Waals surface area contributed by atoms with Crippen LogP contribution in [-0.2, 0) is 17.7 Å². The van der Waals surface area contributed by atoms with Gasteiger partial charge in [0.05, 0.1) is 6.61 Å². The zero-order valence-electron chi connectivity index (χ0n) is 18.0. The molecule has 0 bridgehead atoms. The predicted octanol–water partition coefficient (Wildman–Crippen LogP) is 5.02. The van der Waals surface area contributed by atoms with Crippen molar-refractivity contribution in [3.05, 3.63) is 53.6 Å². The first-order valence-corrected chi connectivity index (χ1v) is 10.1. The summed E-state index contributed by atoms with van der Waals surface area (Å²) in [4.78, 5) is 26.3. The molecule has 2 N–H and O–H groups in total. The van der Waals surface area contributed by atoms with Crippen LogP contribution in [0.2, 0.25) is 0 Å². The Hall–Kier alpha value is -3.22. The molecule has 7 heteroatoms. The highest BCUT2D eigenvalue weighted by Gasteiger charge is 2.25. The first-order valence-electron chi connectivity index (χ1n) is 10.1. The van der Waals surface area contributed by atoms with Gasteiger partial charge in [0, 0.05) is 24.5 Å². The van der Waals surface area contributed by atoms with Crippen LogP contribution < -0.4 is 15.4 Å². The molecule has 0 aliphatic carbocycles. The second-order valence-electron chi connectivity index (χ2n) is 8.17. The Morgan fingerprint density at radius 3 is 2.33 bits per heavy atom. The van der Waals surface area contributed by atoms with Crippen molar-refractivity contribution in [2.45, 2.75) is 46.3 Å². The summed E-state index contributed by atoms with van der Waals surface area (Å²) in [7, 11) is 0. The molecule has 0 aromatic heterocycles. The molecule has 0 spiro atoms. The normalized spacial score (nSPS) is 13.3. The van der Waals surface area contributed by atoms with Gasteiger partial charge in [-0.1, -0.05) is 6.07 Å². The first-order chi connectivity index (χ1) is 14.2. The maximum atomic E-state index is 12.3. The lowest BCUT2D eigenvalue weighted by atomic mass is 9.99. The van der Waals surface area contributed by atoms with E-state index in [1.54, 1.807) is 17.0 Å². The molecule has 1 aliphatic heterocycles. The number of hydrogen-bond acceptors (Lipinski definition) is 4. The van der Waals surface area contributed by atoms with Crippen LogP contribution in [0, 0.1) is 0 Å². The van der Waals surface area contributed by atoms with E-state index in [9.17, 15) is 9.59 Å². The highest BCUT2D eigenvalue weighted by Crippen LogP contribution is 2.24. The molecule has 0 atom stereocenters. The number of benzene rings is 2. The summed E-state index contributed by atoms with van der Waals surface area (Å²) in [6.45, 7) is 9.19. The number of rotatable bonds is 4. The van der Waals surface area contributed by atoms with Crippen LogP contribution in [0.15, 0.2) is 42.5 Å². The van der Waals surface area contributed by atoms with Gasteiger partial charge in [0.1, 0.15) is 11.4 Å². The molecule has 3 amide bonds. The second kappa shape index (κ2) is 9.07. The number of hydrogen-bond donors (Lipinski definition) is 2. The Kier molecular flexibility index (Phi) is 6.50. The summed E-state index contributed by atoms with van der Waals surface area (Å²) < 4.78 is 10.9. The molecule has 0 saturated carbocycles. The Balaban J connectivity index is 1.58. The van der Waals surface area contributed by atoms with Crippen molar-refractivity contribution >= 4 is 23.5 Å². The van der Waals surface area contributed by atoms with Crippen molar-refractivity contribution in [1.82, 2.24) is 4.90 Å². The van der Waals surface area contributed by atoms with Gasteiger partial charge < -0.3 is 25.0 Å². The van der Waals surface area contributed by atoms with Gasteiger partial charge in [0.25, 0.3) is 0 Å². The molecule has 1 aliphatic rings. The summed E-state index contributed by atoms with van der Waals surface area (Å²) >= 11 is 0. The molecular weight excluding hydrogens is 382 g/mol. The van der Waals surface area contributed by atoms with Gasteiger partial charge in [-0.25, -0.2) is 9.59 Å². The van der Waals surface area contributed by atoms with Crippen LogP contribution in [0.25, 0.3) is 0 Å². The van der Waals surface area contributed by atoms with Crippen molar-refractivity contribution in [1.29, 1.82) is 0 Å². The number of fused-ring (bicyclic) bond motifs is 1. The van der Waals surface area contributed by atoms with Crippen LogP contribution in [0.3, 0.4) is 0 Å². The molecule has 7 nitrogen and oxygen atoms in total. The molecule has 1 heterocycles. The molecule has 0 radical (unpaired) electrons. The van der Waals surface area contributed by atoms with E-state index in [1.165, 1.54) is 0 Å². The summed E-state index contributed by atoms with van der Waals surface area (Å²) in [5, 5.41) is 5.67. The topological polar surface area (TPSA) is 79.9 Å². The number of carbonyl (C=O) groups excluding carboxylic acids is 2. The lowest BCUT2D eigenvalue weighted by molar-refractivity contribution is 0.0224. The average Bonchev–Trinajstić information content (AvgIpc) is 2.68. The molecular formula is C23H29N3O4. The zero-order valence-corrected chi connectivity index (χ0v) is 18.0. The van der Waals surface area contributed by atoms with Crippen LogP contribution in [0.1, 0.15) is 38.8 Å². The lowest BCUT2D eigenvalue weighted by Gasteiger charge is -2.31. The van der Waals surface area contributed by atoms with Gasteiger partial charge in [0.15, 0.2) is 0 Å². The summed E-state index contributed by atoms with van der Waals surface area (Å²) in [5.74, 6) is 0.763. The van der Waals surface area contributed by atoms with E-state index in [2.05, 4.69) is 10.6 Å². The van der Waals surface area contributed by atoms with E-state index in [4.69, 9.17) is 9.47 Å². The summed E-state index contributed by atoms with van der Waals surface area (Å²) in [6.07, 6.45) is 0.412. The number of nitrogens with one attached hydrogen (secondary N) is 2. The minimum atomic E-state index is -0.512. The highest BCUT2D eigenvalue weighted by molar-refractivity contribution is 5.99. The third kappa shape index (κ3) is 5.89. The van der Waals surface area contributed by atoms with E-state index in [0.717, 1.165) is 16.9 Å². The third-order valence-electron chi connectivity index (χ3n) is 4.55. The number of ether oxygens (including phenoxy) is 2. The smallest absolute Gasteiger partial charge is 0.410 e. The summed E-state index contributed by atoms with van der Waals surface area (Å²) in [5.41, 5.74) is 3.06. The fraction of sp³-hybridized carbons (Fsp3) is 0.391. The maximum Gasteiger partial charge on any atom is 0.410 e. The van der Waals surface area contributed by atoms with E-state index in [1.807, 2.05) is 58.0 Å². The average molecular weight is 412 g/mol. The largest absolute Gasteiger partial charge is 0.494 e. The van der Waals surface area contributed by atoms with Crippen molar-refractivity contribution < 1.29 is 19.1 Å². The van der Waals surface area contributed by atoms with Crippen LogP contribution >= 0.6 is 0 Å². The molecule has 0 saturated heterocycles. The van der Waals surface area contributed by atoms with E-state index >= 15 is 0 Å². The number of urea groups is 1. The molecule has 0 unspecified atom stereocenters. The monoisotopic (exact) mass is 411 g/mol. The Labute approximate surface area is 177 Å². The van der Waals surface area contributed by atoms with E-state index in [-0.39, 0.29) is 12.1 Å². The van der Waals surface area contributed by atoms with Gasteiger partial charge in [-0.15, -0.1) is 0 Å². The number of carbonyl (C=O) groups is 2. The quantitative estimate of drug-likeness (QED) is 0.740. The van der Waals surface area contributed by atoms with E-state index < -0.39 is 5.60 Å². The van der Waals surface area contributed by atoms with Crippen molar-refractivity contribution in [3.63, 3.8) is 0 Å². The van der Waals surface area contributed by atoms with Crippen LogP contribution in [0.4, 0.5) is 21.0 Å². The lowest BCUT2D eigenvalue weighted by Crippen LogP contribution is -2.39. The summed E-state index contributed by atoms with van der Waals surface area (Å²) in [6, 6.07) is 12.6. The standard InChI is InChI=1S/C23H29N3O4/c1-5-29-20-10-8-18(9-11-20)24-21(27)25-19-7-6-17-15-26(13-12-16(17)14-19)22(28)30-23(2,3)4/h6-11,14H,5,12-13,15H2,1-4H3,(H2,24,25,27). The fourth-order valence-electron chi connectivity index (χ4n) is 3.21.